The van der Waals surface area contributed by atoms with Crippen molar-refractivity contribution < 1.29 is 27.2 Å². The lowest BCUT2D eigenvalue weighted by Crippen LogP contribution is -2.40. The van der Waals surface area contributed by atoms with Crippen LogP contribution in [0.5, 0.6) is 0 Å². The molecule has 0 aromatic carbocycles. The van der Waals surface area contributed by atoms with Crippen molar-refractivity contribution in [2.24, 2.45) is 0 Å². The molecule has 0 amide bonds. The molecule has 0 aliphatic carbocycles. The van der Waals surface area contributed by atoms with Gasteiger partial charge in [-0.25, -0.2) is 0 Å². The molecular formula is C8H12O6S. The third kappa shape index (κ3) is 1.27. The number of aliphatic hydroxyl groups is 1. The van der Waals surface area contributed by atoms with Crippen LogP contribution >= 0.6 is 0 Å². The molecule has 15 heavy (non-hydrogen) atoms. The maximum atomic E-state index is 11.5. The Labute approximate surface area is 87.2 Å². The Kier molecular flexibility index (Phi) is 2.09. The van der Waals surface area contributed by atoms with E-state index in [0.717, 1.165) is 0 Å². The van der Waals surface area contributed by atoms with Crippen LogP contribution in [-0.4, -0.2) is 56.4 Å². The van der Waals surface area contributed by atoms with Crippen LogP contribution < -0.4 is 0 Å². The number of fused-ring (bicyclic) bond motifs is 1. The van der Waals surface area contributed by atoms with E-state index in [-0.39, 0.29) is 31.5 Å². The molecular weight excluding hydrogens is 224 g/mol. The minimum absolute atomic E-state index is 0.0865. The zero-order valence-corrected chi connectivity index (χ0v) is 8.72. The first-order valence-corrected chi connectivity index (χ1v) is 6.40. The lowest BCUT2D eigenvalue weighted by Gasteiger charge is -2.21. The van der Waals surface area contributed by atoms with Gasteiger partial charge in [0, 0.05) is 0 Å². The zero-order chi connectivity index (χ0) is 10.6. The number of ether oxygens (including phenoxy) is 2. The van der Waals surface area contributed by atoms with Crippen LogP contribution in [-0.2, 0) is 23.8 Å². The minimum atomic E-state index is -3.46. The van der Waals surface area contributed by atoms with Gasteiger partial charge in [-0.3, -0.25) is 4.18 Å². The van der Waals surface area contributed by atoms with Crippen molar-refractivity contribution in [3.63, 3.8) is 0 Å². The van der Waals surface area contributed by atoms with Crippen LogP contribution in [0.3, 0.4) is 0 Å². The Morgan fingerprint density at radius 2 is 2.20 bits per heavy atom. The Morgan fingerprint density at radius 3 is 2.93 bits per heavy atom. The van der Waals surface area contributed by atoms with Gasteiger partial charge in [-0.1, -0.05) is 0 Å². The topological polar surface area (TPSA) is 82.1 Å². The monoisotopic (exact) mass is 236 g/mol. The van der Waals surface area contributed by atoms with E-state index in [1.807, 2.05) is 0 Å². The van der Waals surface area contributed by atoms with Gasteiger partial charge in [-0.05, 0) is 6.42 Å². The van der Waals surface area contributed by atoms with E-state index in [0.29, 0.717) is 6.42 Å². The molecule has 3 fully saturated rings. The largest absolute Gasteiger partial charge is 0.394 e. The fourth-order valence-electron chi connectivity index (χ4n) is 2.62. The van der Waals surface area contributed by atoms with Crippen LogP contribution in [0.2, 0.25) is 0 Å². The van der Waals surface area contributed by atoms with Gasteiger partial charge in [-0.2, -0.15) is 8.42 Å². The smallest absolute Gasteiger partial charge is 0.273 e. The highest BCUT2D eigenvalue weighted by molar-refractivity contribution is 7.87. The predicted octanol–water partition coefficient (Wildman–Crippen LogP) is -1.37. The first-order valence-electron chi connectivity index (χ1n) is 4.93. The van der Waals surface area contributed by atoms with Crippen molar-refractivity contribution in [2.45, 2.75) is 36.1 Å². The van der Waals surface area contributed by atoms with Gasteiger partial charge in [0.15, 0.2) is 0 Å². The summed E-state index contributed by atoms with van der Waals surface area (Å²) in [7, 11) is -3.46. The fraction of sp³-hybridized carbons (Fsp3) is 1.00. The molecule has 3 aliphatic heterocycles. The van der Waals surface area contributed by atoms with Gasteiger partial charge < -0.3 is 14.6 Å². The summed E-state index contributed by atoms with van der Waals surface area (Å²) < 4.78 is 38.8. The van der Waals surface area contributed by atoms with E-state index in [4.69, 9.17) is 18.8 Å². The van der Waals surface area contributed by atoms with Crippen molar-refractivity contribution in [1.82, 2.24) is 0 Å². The molecule has 3 heterocycles. The van der Waals surface area contributed by atoms with E-state index in [1.165, 1.54) is 0 Å². The lowest BCUT2D eigenvalue weighted by atomic mass is 9.94. The quantitative estimate of drug-likeness (QED) is 0.609. The van der Waals surface area contributed by atoms with E-state index < -0.39 is 21.5 Å². The lowest BCUT2D eigenvalue weighted by molar-refractivity contribution is -0.0380. The second kappa shape index (κ2) is 3.14. The molecule has 3 rings (SSSR count). The Morgan fingerprint density at radius 1 is 1.40 bits per heavy atom. The molecule has 2 bridgehead atoms. The second-order valence-electron chi connectivity index (χ2n) is 4.03. The molecule has 5 unspecified atom stereocenters. The molecule has 3 saturated heterocycles. The van der Waals surface area contributed by atoms with Gasteiger partial charge in [0.1, 0.15) is 23.6 Å². The molecule has 0 aromatic heterocycles. The molecule has 0 spiro atoms. The summed E-state index contributed by atoms with van der Waals surface area (Å²) in [6, 6.07) is 0. The second-order valence-corrected chi connectivity index (χ2v) is 5.81. The zero-order valence-electron chi connectivity index (χ0n) is 7.90. The highest BCUT2D eigenvalue weighted by Gasteiger charge is 2.66. The van der Waals surface area contributed by atoms with Gasteiger partial charge in [0.05, 0.1) is 19.3 Å². The normalized spacial score (nSPS) is 50.1. The summed E-state index contributed by atoms with van der Waals surface area (Å²) in [5.41, 5.74) is 0. The van der Waals surface area contributed by atoms with Crippen molar-refractivity contribution in [2.75, 3.05) is 13.2 Å². The average molecular weight is 236 g/mol. The number of aliphatic hydroxyl groups excluding tert-OH is 1. The first kappa shape index (κ1) is 9.98. The van der Waals surface area contributed by atoms with Crippen molar-refractivity contribution in [3.8, 4) is 0 Å². The number of hydrogen-bond donors (Lipinski definition) is 1. The van der Waals surface area contributed by atoms with E-state index >= 15 is 0 Å². The summed E-state index contributed by atoms with van der Waals surface area (Å²) in [6.07, 6.45) is -0.988. The summed E-state index contributed by atoms with van der Waals surface area (Å²) in [5, 5.41) is 8.13. The molecule has 86 valence electrons. The van der Waals surface area contributed by atoms with Crippen LogP contribution in [0.15, 0.2) is 0 Å². The summed E-state index contributed by atoms with van der Waals surface area (Å²) in [4.78, 5) is 0. The molecule has 7 heteroatoms. The number of hydrogen-bond acceptors (Lipinski definition) is 6. The molecule has 3 aliphatic rings. The summed E-state index contributed by atoms with van der Waals surface area (Å²) in [6.45, 7) is 0.0958. The Bertz CT molecular complexity index is 365. The van der Waals surface area contributed by atoms with Gasteiger partial charge in [-0.15, -0.1) is 0 Å². The third-order valence-electron chi connectivity index (χ3n) is 3.19. The average Bonchev–Trinajstić information content (AvgIpc) is 2.76. The SMILES string of the molecule is O=S1(=O)OC2C(OCCO)C3CC1C2O3. The van der Waals surface area contributed by atoms with E-state index in [2.05, 4.69) is 0 Å². The summed E-state index contributed by atoms with van der Waals surface area (Å²) in [5.74, 6) is 0. The van der Waals surface area contributed by atoms with Crippen LogP contribution in [0, 0.1) is 0 Å². The molecule has 6 nitrogen and oxygen atoms in total. The highest BCUT2D eigenvalue weighted by Crippen LogP contribution is 2.47. The van der Waals surface area contributed by atoms with Crippen LogP contribution in [0.25, 0.3) is 0 Å². The fourth-order valence-corrected chi connectivity index (χ4v) is 4.26. The van der Waals surface area contributed by atoms with E-state index in [9.17, 15) is 8.42 Å². The molecule has 0 aromatic rings. The highest BCUT2D eigenvalue weighted by atomic mass is 32.2. The van der Waals surface area contributed by atoms with E-state index in [1.54, 1.807) is 0 Å². The standard InChI is InChI=1S/C8H12O6S/c9-1-2-12-6-4-3-5-7(13-4)8(6)14-15(5,10)11/h4-9H,1-3H2. The Balaban J connectivity index is 1.82. The van der Waals surface area contributed by atoms with Gasteiger partial charge in [0.2, 0.25) is 0 Å². The molecule has 5 atom stereocenters. The van der Waals surface area contributed by atoms with Crippen LogP contribution in [0.4, 0.5) is 0 Å². The third-order valence-corrected chi connectivity index (χ3v) is 4.89. The molecule has 0 radical (unpaired) electrons. The van der Waals surface area contributed by atoms with Crippen molar-refractivity contribution >= 4 is 10.1 Å². The summed E-state index contributed by atoms with van der Waals surface area (Å²) >= 11 is 0. The predicted molar refractivity (Wildman–Crippen MR) is 47.7 cm³/mol. The molecule has 0 saturated carbocycles. The van der Waals surface area contributed by atoms with Crippen molar-refractivity contribution in [3.05, 3.63) is 0 Å². The maximum absolute atomic E-state index is 11.5. The minimum Gasteiger partial charge on any atom is -0.394 e. The van der Waals surface area contributed by atoms with Crippen molar-refractivity contribution in [1.29, 1.82) is 0 Å². The molecule has 1 N–H and O–H groups in total. The van der Waals surface area contributed by atoms with Crippen LogP contribution in [0.1, 0.15) is 6.42 Å². The van der Waals surface area contributed by atoms with Gasteiger partial charge in [0.25, 0.3) is 10.1 Å². The number of rotatable bonds is 3. The Hall–Kier alpha value is -0.210. The van der Waals surface area contributed by atoms with Gasteiger partial charge >= 0.3 is 0 Å². The first-order chi connectivity index (χ1) is 7.13. The maximum Gasteiger partial charge on any atom is 0.273 e.